The number of thiazole rings is 1. The highest BCUT2D eigenvalue weighted by atomic mass is 32.2. The van der Waals surface area contributed by atoms with Crippen LogP contribution in [0.3, 0.4) is 0 Å². The van der Waals surface area contributed by atoms with Gasteiger partial charge in [0.05, 0.1) is 24.9 Å². The van der Waals surface area contributed by atoms with Gasteiger partial charge in [-0.3, -0.25) is 4.79 Å². The van der Waals surface area contributed by atoms with E-state index in [0.29, 0.717) is 0 Å². The van der Waals surface area contributed by atoms with E-state index in [2.05, 4.69) is 27.1 Å². The monoisotopic (exact) mass is 452 g/mol. The van der Waals surface area contributed by atoms with Gasteiger partial charge in [-0.05, 0) is 58.8 Å². The zero-order chi connectivity index (χ0) is 20.8. The first-order chi connectivity index (χ1) is 14.7. The summed E-state index contributed by atoms with van der Waals surface area (Å²) in [5.74, 6) is 1.63. The van der Waals surface area contributed by atoms with Crippen LogP contribution in [-0.2, 0) is 17.0 Å². The van der Waals surface area contributed by atoms with Crippen LogP contribution >= 0.6 is 34.4 Å². The molecular formula is C23H20N2O2S3. The van der Waals surface area contributed by atoms with Crippen LogP contribution in [0.15, 0.2) is 75.6 Å². The third-order valence-electron chi connectivity index (χ3n) is 4.37. The second kappa shape index (κ2) is 9.93. The summed E-state index contributed by atoms with van der Waals surface area (Å²) in [5, 5.41) is 10.1. The van der Waals surface area contributed by atoms with Crippen molar-refractivity contribution < 1.29 is 9.53 Å². The lowest BCUT2D eigenvalue weighted by Crippen LogP contribution is -2.15. The fourth-order valence-corrected chi connectivity index (χ4v) is 5.40. The number of hydrogen-bond acceptors (Lipinski definition) is 6. The molecule has 2 heterocycles. The van der Waals surface area contributed by atoms with Crippen LogP contribution in [0.25, 0.3) is 10.6 Å². The lowest BCUT2D eigenvalue weighted by atomic mass is 10.2. The van der Waals surface area contributed by atoms with E-state index < -0.39 is 0 Å². The lowest BCUT2D eigenvalue weighted by molar-refractivity contribution is -0.115. The maximum Gasteiger partial charge on any atom is 0.230 e. The number of benzene rings is 2. The van der Waals surface area contributed by atoms with E-state index in [-0.39, 0.29) is 12.3 Å². The van der Waals surface area contributed by atoms with Crippen LogP contribution in [0.5, 0.6) is 5.75 Å². The highest BCUT2D eigenvalue weighted by Gasteiger charge is 2.12. The molecule has 0 aliphatic carbocycles. The van der Waals surface area contributed by atoms with E-state index in [1.807, 2.05) is 53.9 Å². The van der Waals surface area contributed by atoms with Crippen molar-refractivity contribution in [1.29, 1.82) is 0 Å². The number of carbonyl (C=O) groups excluding carboxylic acids is 1. The minimum absolute atomic E-state index is 0.0647. The number of rotatable bonds is 8. The molecule has 0 fully saturated rings. The van der Waals surface area contributed by atoms with Gasteiger partial charge in [0.25, 0.3) is 0 Å². The molecule has 4 nitrogen and oxygen atoms in total. The number of amides is 1. The first-order valence-electron chi connectivity index (χ1n) is 9.33. The third-order valence-corrected chi connectivity index (χ3v) is 7.18. The Balaban J connectivity index is 1.38. The molecule has 0 radical (unpaired) electrons. The molecule has 4 aromatic rings. The highest BCUT2D eigenvalue weighted by molar-refractivity contribution is 7.98. The Morgan fingerprint density at radius 2 is 1.93 bits per heavy atom. The van der Waals surface area contributed by atoms with Crippen molar-refractivity contribution in [3.05, 3.63) is 82.0 Å². The molecule has 0 spiro atoms. The zero-order valence-electron chi connectivity index (χ0n) is 16.3. The lowest BCUT2D eigenvalue weighted by Gasteiger charge is -2.10. The molecule has 0 aliphatic heterocycles. The van der Waals surface area contributed by atoms with Crippen LogP contribution in [-0.4, -0.2) is 18.0 Å². The Hall–Kier alpha value is -2.61. The average Bonchev–Trinajstić information content (AvgIpc) is 3.45. The predicted molar refractivity (Wildman–Crippen MR) is 127 cm³/mol. The smallest absolute Gasteiger partial charge is 0.230 e. The fraction of sp³-hybridized carbons (Fsp3) is 0.130. The van der Waals surface area contributed by atoms with Crippen molar-refractivity contribution in [2.45, 2.75) is 17.1 Å². The minimum atomic E-state index is -0.0647. The molecule has 0 atom stereocenters. The number of anilines is 1. The molecule has 0 unspecified atom stereocenters. The van der Waals surface area contributed by atoms with E-state index in [4.69, 9.17) is 4.74 Å². The SMILES string of the molecule is COc1ccc(-c2nc(CC(=O)Nc3ccccc3SCc3ccsc3)cs2)cc1. The first-order valence-corrected chi connectivity index (χ1v) is 12.1. The van der Waals surface area contributed by atoms with Gasteiger partial charge in [-0.25, -0.2) is 4.98 Å². The molecule has 0 aliphatic rings. The van der Waals surface area contributed by atoms with Gasteiger partial charge < -0.3 is 10.1 Å². The van der Waals surface area contributed by atoms with E-state index in [1.165, 1.54) is 16.9 Å². The number of nitrogens with one attached hydrogen (secondary N) is 1. The number of para-hydroxylation sites is 1. The molecule has 0 saturated carbocycles. The summed E-state index contributed by atoms with van der Waals surface area (Å²) < 4.78 is 5.20. The normalized spacial score (nSPS) is 10.7. The number of thiophene rings is 1. The van der Waals surface area contributed by atoms with Crippen molar-refractivity contribution in [2.75, 3.05) is 12.4 Å². The molecule has 1 amide bonds. The molecule has 2 aromatic heterocycles. The van der Waals surface area contributed by atoms with Crippen molar-refractivity contribution in [1.82, 2.24) is 4.98 Å². The summed E-state index contributed by atoms with van der Waals surface area (Å²) >= 11 is 4.96. The quantitative estimate of drug-likeness (QED) is 0.316. The fourth-order valence-electron chi connectivity index (χ4n) is 2.84. The zero-order valence-corrected chi connectivity index (χ0v) is 18.8. The molecule has 0 bridgehead atoms. The van der Waals surface area contributed by atoms with Crippen LogP contribution < -0.4 is 10.1 Å². The molecule has 4 rings (SSSR count). The molecule has 7 heteroatoms. The number of hydrogen-bond donors (Lipinski definition) is 1. The van der Waals surface area contributed by atoms with Crippen LogP contribution in [0, 0.1) is 0 Å². The van der Waals surface area contributed by atoms with Gasteiger partial charge in [0.1, 0.15) is 10.8 Å². The second-order valence-electron chi connectivity index (χ2n) is 6.51. The van der Waals surface area contributed by atoms with Crippen molar-refractivity contribution in [2.24, 2.45) is 0 Å². The molecule has 152 valence electrons. The van der Waals surface area contributed by atoms with Gasteiger partial charge in [0, 0.05) is 21.6 Å². The van der Waals surface area contributed by atoms with Crippen molar-refractivity contribution >= 4 is 46.0 Å². The molecule has 30 heavy (non-hydrogen) atoms. The molecular weight excluding hydrogens is 432 g/mol. The van der Waals surface area contributed by atoms with E-state index in [9.17, 15) is 4.79 Å². The second-order valence-corrected chi connectivity index (χ2v) is 9.17. The largest absolute Gasteiger partial charge is 0.497 e. The number of nitrogens with zero attached hydrogens (tertiary/aromatic N) is 1. The summed E-state index contributed by atoms with van der Waals surface area (Å²) in [6.45, 7) is 0. The summed E-state index contributed by atoms with van der Waals surface area (Å²) in [7, 11) is 1.65. The standard InChI is InChI=1S/C23H20N2O2S3/c1-27-19-8-6-17(7-9-19)23-24-18(15-30-23)12-22(26)25-20-4-2-3-5-21(20)29-14-16-10-11-28-13-16/h2-11,13,15H,12,14H2,1H3,(H,25,26). The minimum Gasteiger partial charge on any atom is -0.497 e. The van der Waals surface area contributed by atoms with E-state index in [0.717, 1.165) is 38.4 Å². The average molecular weight is 453 g/mol. The van der Waals surface area contributed by atoms with Gasteiger partial charge in [-0.15, -0.1) is 23.1 Å². The predicted octanol–water partition coefficient (Wildman–Crippen LogP) is 6.35. The van der Waals surface area contributed by atoms with Crippen molar-refractivity contribution in [3.8, 4) is 16.3 Å². The van der Waals surface area contributed by atoms with Gasteiger partial charge in [-0.1, -0.05) is 12.1 Å². The van der Waals surface area contributed by atoms with E-state index in [1.54, 1.807) is 30.2 Å². The van der Waals surface area contributed by atoms with Crippen LogP contribution in [0.4, 0.5) is 5.69 Å². The number of thioether (sulfide) groups is 1. The first kappa shape index (κ1) is 20.7. The Morgan fingerprint density at radius 1 is 1.10 bits per heavy atom. The van der Waals surface area contributed by atoms with Gasteiger partial charge in [-0.2, -0.15) is 11.3 Å². The Morgan fingerprint density at radius 3 is 2.70 bits per heavy atom. The van der Waals surface area contributed by atoms with E-state index >= 15 is 0 Å². The van der Waals surface area contributed by atoms with Gasteiger partial charge >= 0.3 is 0 Å². The number of carbonyl (C=O) groups is 1. The third kappa shape index (κ3) is 5.30. The molecule has 0 saturated heterocycles. The van der Waals surface area contributed by atoms with Gasteiger partial charge in [0.2, 0.25) is 5.91 Å². The topological polar surface area (TPSA) is 51.2 Å². The van der Waals surface area contributed by atoms with Crippen LogP contribution in [0.1, 0.15) is 11.3 Å². The summed E-state index contributed by atoms with van der Waals surface area (Å²) in [4.78, 5) is 18.3. The highest BCUT2D eigenvalue weighted by Crippen LogP contribution is 2.31. The van der Waals surface area contributed by atoms with Crippen molar-refractivity contribution in [3.63, 3.8) is 0 Å². The number of aromatic nitrogens is 1. The Bertz CT molecular complexity index is 1110. The maximum atomic E-state index is 12.6. The number of ether oxygens (including phenoxy) is 1. The molecule has 2 aromatic carbocycles. The van der Waals surface area contributed by atoms with Crippen LogP contribution in [0.2, 0.25) is 0 Å². The summed E-state index contributed by atoms with van der Waals surface area (Å²) in [5.41, 5.74) is 3.92. The Labute approximate surface area is 188 Å². The molecule has 1 N–H and O–H groups in total. The van der Waals surface area contributed by atoms with Gasteiger partial charge in [0.15, 0.2) is 0 Å². The Kier molecular flexibility index (Phi) is 6.84. The summed E-state index contributed by atoms with van der Waals surface area (Å²) in [6, 6.07) is 17.8. The summed E-state index contributed by atoms with van der Waals surface area (Å²) in [6.07, 6.45) is 0.246. The maximum absolute atomic E-state index is 12.6. The number of methoxy groups -OCH3 is 1.